The molecule has 3 aromatic rings. The minimum absolute atomic E-state index is 0. The predicted molar refractivity (Wildman–Crippen MR) is 153 cm³/mol. The molecule has 5 nitrogen and oxygen atoms in total. The molecule has 0 amide bonds. The van der Waals surface area contributed by atoms with Gasteiger partial charge in [0.05, 0.1) is 22.1 Å². The zero-order valence-electron chi connectivity index (χ0n) is 23.1. The third kappa shape index (κ3) is 7.52. The van der Waals surface area contributed by atoms with Crippen LogP contribution in [0.3, 0.4) is 0 Å². The van der Waals surface area contributed by atoms with E-state index in [1.54, 1.807) is 16.4 Å². The molecule has 0 aliphatic carbocycles. The van der Waals surface area contributed by atoms with Gasteiger partial charge >= 0.3 is 7.69 Å². The fourth-order valence-corrected chi connectivity index (χ4v) is 5.83. The summed E-state index contributed by atoms with van der Waals surface area (Å²) in [6, 6.07) is 26.6. The quantitative estimate of drug-likeness (QED) is 0.188. The Hall–Kier alpha value is -2.17. The van der Waals surface area contributed by atoms with E-state index >= 15 is 0 Å². The van der Waals surface area contributed by atoms with E-state index in [1.165, 1.54) is 7.69 Å². The molecule has 0 N–H and O–H groups in total. The average Bonchev–Trinajstić information content (AvgIpc) is 3.15. The third-order valence-corrected chi connectivity index (χ3v) is 9.21. The van der Waals surface area contributed by atoms with Gasteiger partial charge in [-0.25, -0.2) is 8.42 Å². The molecule has 2 aliphatic rings. The Labute approximate surface area is 248 Å². The normalized spacial score (nSPS) is 21.6. The number of sulfonamides is 1. The van der Waals surface area contributed by atoms with Gasteiger partial charge in [-0.2, -0.15) is 28.4 Å². The van der Waals surface area contributed by atoms with Crippen molar-refractivity contribution in [1.82, 2.24) is 4.31 Å². The molecule has 2 heterocycles. The van der Waals surface area contributed by atoms with Crippen LogP contribution in [0.25, 0.3) is 0 Å². The van der Waals surface area contributed by atoms with Gasteiger partial charge in [-0.15, -0.1) is 12.1 Å². The van der Waals surface area contributed by atoms with Crippen molar-refractivity contribution >= 4 is 17.7 Å². The van der Waals surface area contributed by atoms with E-state index in [0.29, 0.717) is 11.4 Å². The summed E-state index contributed by atoms with van der Waals surface area (Å²) < 4.78 is 39.2. The van der Waals surface area contributed by atoms with Gasteiger partial charge in [-0.1, -0.05) is 66.2 Å². The first-order valence-electron chi connectivity index (χ1n) is 12.9. The van der Waals surface area contributed by atoms with Gasteiger partial charge in [0.2, 0.25) is 10.0 Å². The SMILES string of the molecule is CC1(C)O[B]OC1(C)C.Cc1ccc(S(=O)(=O)N2CC([CH-]c3ccccc3)C=CC2c2ccccc2)cc1.[Pd]. The summed E-state index contributed by atoms with van der Waals surface area (Å²) in [5.41, 5.74) is 2.72. The summed E-state index contributed by atoms with van der Waals surface area (Å²) in [6.07, 6.45) is 6.25. The van der Waals surface area contributed by atoms with Crippen LogP contribution < -0.4 is 0 Å². The van der Waals surface area contributed by atoms with Crippen molar-refractivity contribution in [3.05, 3.63) is 120 Å². The van der Waals surface area contributed by atoms with Gasteiger partial charge in [0.25, 0.3) is 0 Å². The van der Waals surface area contributed by atoms with Crippen molar-refractivity contribution in [2.24, 2.45) is 5.92 Å². The van der Waals surface area contributed by atoms with Crippen molar-refractivity contribution in [2.45, 2.75) is 56.8 Å². The van der Waals surface area contributed by atoms with Crippen molar-refractivity contribution in [3.8, 4) is 0 Å². The van der Waals surface area contributed by atoms with Crippen LogP contribution in [0.4, 0.5) is 0 Å². The largest absolute Gasteiger partial charge is 0.488 e. The average molecular weight is 636 g/mol. The molecule has 2 atom stereocenters. The van der Waals surface area contributed by atoms with E-state index in [2.05, 4.69) is 12.5 Å². The van der Waals surface area contributed by atoms with E-state index in [-0.39, 0.29) is 43.6 Å². The van der Waals surface area contributed by atoms with E-state index in [1.807, 2.05) is 113 Å². The number of aryl methyl sites for hydroxylation is 1. The molecular formula is C31H36BNO4PdS-. The van der Waals surface area contributed by atoms with Crippen LogP contribution >= 0.6 is 0 Å². The van der Waals surface area contributed by atoms with Crippen molar-refractivity contribution in [1.29, 1.82) is 0 Å². The van der Waals surface area contributed by atoms with Crippen molar-refractivity contribution in [3.63, 3.8) is 0 Å². The summed E-state index contributed by atoms with van der Waals surface area (Å²) in [5.74, 6) is 0.0117. The predicted octanol–water partition coefficient (Wildman–Crippen LogP) is 6.29. The van der Waals surface area contributed by atoms with Gasteiger partial charge in [-0.05, 0) is 58.2 Å². The Bertz CT molecular complexity index is 1320. The van der Waals surface area contributed by atoms with Crippen LogP contribution in [0, 0.1) is 19.3 Å². The third-order valence-electron chi connectivity index (χ3n) is 7.35. The van der Waals surface area contributed by atoms with E-state index in [4.69, 9.17) is 9.31 Å². The number of hydrogen-bond donors (Lipinski definition) is 0. The molecule has 3 aromatic carbocycles. The summed E-state index contributed by atoms with van der Waals surface area (Å²) in [4.78, 5) is 0.331. The molecule has 0 aromatic heterocycles. The second-order valence-corrected chi connectivity index (χ2v) is 12.6. The van der Waals surface area contributed by atoms with Crippen LogP contribution in [0.15, 0.2) is 102 Å². The second kappa shape index (κ2) is 13.0. The number of rotatable bonds is 5. The molecule has 1 radical (unpaired) electrons. The first-order valence-corrected chi connectivity index (χ1v) is 14.3. The van der Waals surface area contributed by atoms with Crippen LogP contribution in [0.2, 0.25) is 0 Å². The van der Waals surface area contributed by atoms with Gasteiger partial charge in [0.1, 0.15) is 0 Å². The van der Waals surface area contributed by atoms with E-state index in [0.717, 1.165) is 16.7 Å². The molecule has 0 saturated carbocycles. The summed E-state index contributed by atoms with van der Waals surface area (Å²) in [7, 11) is -2.22. The monoisotopic (exact) mass is 635 g/mol. The van der Waals surface area contributed by atoms with Gasteiger partial charge < -0.3 is 9.31 Å². The maximum absolute atomic E-state index is 13.6. The molecule has 0 bridgehead atoms. The number of nitrogens with zero attached hydrogens (tertiary/aromatic N) is 1. The Kier molecular flexibility index (Phi) is 10.4. The molecular weight excluding hydrogens is 600 g/mol. The van der Waals surface area contributed by atoms with Gasteiger partial charge in [0.15, 0.2) is 0 Å². The molecule has 5 rings (SSSR count). The first-order chi connectivity index (χ1) is 18.0. The Morgan fingerprint density at radius 2 is 1.36 bits per heavy atom. The molecule has 39 heavy (non-hydrogen) atoms. The zero-order valence-corrected chi connectivity index (χ0v) is 25.4. The second-order valence-electron chi connectivity index (χ2n) is 10.7. The van der Waals surface area contributed by atoms with E-state index in [9.17, 15) is 8.42 Å². The Morgan fingerprint density at radius 1 is 0.821 bits per heavy atom. The molecule has 2 unspecified atom stereocenters. The van der Waals surface area contributed by atoms with E-state index < -0.39 is 10.0 Å². The fraction of sp³-hybridized carbons (Fsp3) is 0.323. The van der Waals surface area contributed by atoms with Gasteiger partial charge in [0, 0.05) is 27.0 Å². The Morgan fingerprint density at radius 3 is 1.87 bits per heavy atom. The maximum Gasteiger partial charge on any atom is 0.488 e. The van der Waals surface area contributed by atoms with Crippen LogP contribution in [0.5, 0.6) is 0 Å². The summed E-state index contributed by atoms with van der Waals surface area (Å²) in [6.45, 7) is 10.4. The first kappa shape index (κ1) is 31.4. The smallest absolute Gasteiger partial charge is 0.405 e. The van der Waals surface area contributed by atoms with Crippen LogP contribution in [-0.2, 0) is 39.8 Å². The molecule has 1 saturated heterocycles. The Balaban J connectivity index is 0.000000359. The van der Waals surface area contributed by atoms with Crippen LogP contribution in [-0.4, -0.2) is 38.2 Å². The van der Waals surface area contributed by atoms with Crippen molar-refractivity contribution < 1.29 is 38.1 Å². The standard InChI is InChI=1S/C25H24NO2S.C6H12BO2.Pd/c1-20-12-15-24(16-13-20)29(27,28)26-19-22(18-21-8-4-2-5-9-21)14-17-25(26)23-10-6-3-7-11-23;1-5(2)6(3,4)9-7-8-5;/h2-18,22,25H,19H2,1H3;1-4H3;/q-1;;. The van der Waals surface area contributed by atoms with Crippen molar-refractivity contribution in [2.75, 3.05) is 6.54 Å². The number of hydrogen-bond acceptors (Lipinski definition) is 4. The molecule has 0 spiro atoms. The van der Waals surface area contributed by atoms with Crippen LogP contribution in [0.1, 0.15) is 50.4 Å². The minimum Gasteiger partial charge on any atom is -0.405 e. The topological polar surface area (TPSA) is 55.8 Å². The summed E-state index contributed by atoms with van der Waals surface area (Å²) in [5, 5.41) is 0. The molecule has 1 fully saturated rings. The molecule has 209 valence electrons. The molecule has 2 aliphatic heterocycles. The fourth-order valence-electron chi connectivity index (χ4n) is 4.22. The summed E-state index contributed by atoms with van der Waals surface area (Å²) >= 11 is 0. The molecule has 8 heteroatoms. The number of benzene rings is 3. The van der Waals surface area contributed by atoms with Gasteiger partial charge in [-0.3, -0.25) is 0 Å². The maximum atomic E-state index is 13.6. The minimum atomic E-state index is -3.64. The zero-order chi connectivity index (χ0) is 27.4.